The molecule has 0 spiro atoms. The third-order valence-corrected chi connectivity index (χ3v) is 4.23. The number of hydrogen-bond donors (Lipinski definition) is 0. The molecular weight excluding hydrogens is 186 g/mol. The van der Waals surface area contributed by atoms with Crippen molar-refractivity contribution >= 4 is 10.0 Å². The first-order chi connectivity index (χ1) is 6.10. The fraction of sp³-hybridized carbons (Fsp3) is 0.778. The highest BCUT2D eigenvalue weighted by Gasteiger charge is 2.24. The van der Waals surface area contributed by atoms with Gasteiger partial charge in [0.05, 0.1) is 0 Å². The Labute approximate surface area is 80.5 Å². The lowest BCUT2D eigenvalue weighted by atomic mass is 9.96. The van der Waals surface area contributed by atoms with Crippen LogP contribution < -0.4 is 0 Å². The van der Waals surface area contributed by atoms with Crippen molar-refractivity contribution in [1.82, 2.24) is 4.31 Å². The molecule has 0 bridgehead atoms. The summed E-state index contributed by atoms with van der Waals surface area (Å²) in [4.78, 5) is 0. The number of hydrogen-bond acceptors (Lipinski definition) is 2. The second kappa shape index (κ2) is 4.24. The van der Waals surface area contributed by atoms with Gasteiger partial charge in [-0.25, -0.2) is 8.42 Å². The molecule has 1 fully saturated rings. The lowest BCUT2D eigenvalue weighted by Crippen LogP contribution is -2.37. The van der Waals surface area contributed by atoms with Crippen LogP contribution in [0.15, 0.2) is 12.0 Å². The maximum absolute atomic E-state index is 11.4. The Kier molecular flexibility index (Phi) is 3.50. The zero-order valence-corrected chi connectivity index (χ0v) is 8.89. The van der Waals surface area contributed by atoms with Crippen LogP contribution in [0.5, 0.6) is 0 Å². The molecule has 0 aromatic rings. The first-order valence-corrected chi connectivity index (χ1v) is 6.23. The van der Waals surface area contributed by atoms with Crippen molar-refractivity contribution < 1.29 is 8.42 Å². The van der Waals surface area contributed by atoms with Crippen LogP contribution in [0.3, 0.4) is 0 Å². The number of sulfonamides is 1. The summed E-state index contributed by atoms with van der Waals surface area (Å²) in [5, 5.41) is 1.04. The first kappa shape index (κ1) is 10.7. The molecule has 0 saturated carbocycles. The molecule has 0 radical (unpaired) electrons. The minimum Gasteiger partial charge on any atom is -0.208 e. The van der Waals surface area contributed by atoms with Crippen molar-refractivity contribution in [1.29, 1.82) is 0 Å². The molecule has 1 rings (SSSR count). The minimum atomic E-state index is -3.16. The molecule has 0 atom stereocenters. The highest BCUT2D eigenvalue weighted by molar-refractivity contribution is 7.92. The van der Waals surface area contributed by atoms with Gasteiger partial charge in [-0.1, -0.05) is 19.9 Å². The Bertz CT molecular complexity index is 263. The summed E-state index contributed by atoms with van der Waals surface area (Å²) in [6.07, 6.45) is 3.13. The van der Waals surface area contributed by atoms with Crippen molar-refractivity contribution in [3.8, 4) is 0 Å². The summed E-state index contributed by atoms with van der Waals surface area (Å²) in [5.41, 5.74) is 0. The number of nitrogens with zero attached hydrogens (tertiary/aromatic N) is 1. The Hall–Kier alpha value is -0.350. The predicted molar refractivity (Wildman–Crippen MR) is 53.7 cm³/mol. The second-order valence-electron chi connectivity index (χ2n) is 3.46. The first-order valence-electron chi connectivity index (χ1n) is 4.72. The largest absolute Gasteiger partial charge is 0.235 e. The highest BCUT2D eigenvalue weighted by Crippen LogP contribution is 2.22. The smallest absolute Gasteiger partial charge is 0.208 e. The van der Waals surface area contributed by atoms with E-state index in [0.29, 0.717) is 19.0 Å². The molecule has 13 heavy (non-hydrogen) atoms. The van der Waals surface area contributed by atoms with Crippen LogP contribution in [-0.2, 0) is 10.0 Å². The van der Waals surface area contributed by atoms with Crippen LogP contribution in [0.2, 0.25) is 0 Å². The quantitative estimate of drug-likeness (QED) is 0.698. The normalized spacial score (nSPS) is 21.6. The van der Waals surface area contributed by atoms with E-state index in [9.17, 15) is 8.42 Å². The van der Waals surface area contributed by atoms with E-state index in [1.807, 2.05) is 0 Å². The van der Waals surface area contributed by atoms with Crippen molar-refractivity contribution in [2.45, 2.75) is 26.2 Å². The van der Waals surface area contributed by atoms with Gasteiger partial charge in [-0.3, -0.25) is 0 Å². The Morgan fingerprint density at radius 3 is 2.38 bits per heavy atom. The summed E-state index contributed by atoms with van der Waals surface area (Å²) >= 11 is 0. The molecular formula is C9H17NO2S. The second-order valence-corrected chi connectivity index (χ2v) is 5.34. The van der Waals surface area contributed by atoms with E-state index in [-0.39, 0.29) is 0 Å². The van der Waals surface area contributed by atoms with Crippen molar-refractivity contribution in [2.24, 2.45) is 5.92 Å². The van der Waals surface area contributed by atoms with E-state index < -0.39 is 10.0 Å². The lowest BCUT2D eigenvalue weighted by Gasteiger charge is -2.29. The maximum atomic E-state index is 11.4. The molecule has 76 valence electrons. The van der Waals surface area contributed by atoms with E-state index in [1.54, 1.807) is 0 Å². The minimum absolute atomic E-state index is 0.660. The maximum Gasteiger partial charge on any atom is 0.235 e. The molecule has 3 nitrogen and oxygen atoms in total. The molecule has 0 aliphatic carbocycles. The average molecular weight is 203 g/mol. The van der Waals surface area contributed by atoms with Gasteiger partial charge in [0, 0.05) is 18.5 Å². The van der Waals surface area contributed by atoms with Gasteiger partial charge in [-0.05, 0) is 18.8 Å². The molecule has 0 unspecified atom stereocenters. The fourth-order valence-electron chi connectivity index (χ4n) is 1.68. The Morgan fingerprint density at radius 2 is 2.00 bits per heavy atom. The molecule has 1 saturated heterocycles. The molecule has 0 N–H and O–H groups in total. The van der Waals surface area contributed by atoms with E-state index in [0.717, 1.165) is 24.7 Å². The van der Waals surface area contributed by atoms with Crippen molar-refractivity contribution in [2.75, 3.05) is 13.1 Å². The van der Waals surface area contributed by atoms with Crippen LogP contribution in [0, 0.1) is 5.92 Å². The number of rotatable bonds is 3. The average Bonchev–Trinajstić information content (AvgIpc) is 2.18. The summed E-state index contributed by atoms with van der Waals surface area (Å²) in [7, 11) is -3.16. The van der Waals surface area contributed by atoms with Gasteiger partial charge in [0.2, 0.25) is 10.0 Å². The third-order valence-electron chi connectivity index (χ3n) is 2.72. The Balaban J connectivity index is 2.55. The summed E-state index contributed by atoms with van der Waals surface area (Å²) in [6, 6.07) is 0. The van der Waals surface area contributed by atoms with E-state index in [2.05, 4.69) is 13.5 Å². The van der Waals surface area contributed by atoms with E-state index in [1.165, 1.54) is 4.31 Å². The highest BCUT2D eigenvalue weighted by atomic mass is 32.2. The van der Waals surface area contributed by atoms with Gasteiger partial charge in [0.1, 0.15) is 0 Å². The van der Waals surface area contributed by atoms with E-state index >= 15 is 0 Å². The van der Waals surface area contributed by atoms with Crippen molar-refractivity contribution in [3.63, 3.8) is 0 Å². The topological polar surface area (TPSA) is 37.4 Å². The molecule has 4 heteroatoms. The zero-order chi connectivity index (χ0) is 9.90. The Morgan fingerprint density at radius 1 is 1.46 bits per heavy atom. The van der Waals surface area contributed by atoms with Crippen LogP contribution in [-0.4, -0.2) is 25.8 Å². The lowest BCUT2D eigenvalue weighted by molar-refractivity contribution is 0.271. The van der Waals surface area contributed by atoms with Crippen LogP contribution in [0.4, 0.5) is 0 Å². The molecule has 1 aliphatic rings. The standard InChI is InChI=1S/C9H17NO2S/c1-3-9-5-7-10(8-6-9)13(11,12)4-2/h4,9H,2-3,5-8H2,1H3. The van der Waals surface area contributed by atoms with Crippen molar-refractivity contribution in [3.05, 3.63) is 12.0 Å². The third kappa shape index (κ3) is 2.54. The summed E-state index contributed by atoms with van der Waals surface area (Å²) in [5.74, 6) is 0.705. The fourth-order valence-corrected chi connectivity index (χ4v) is 2.61. The number of piperidine rings is 1. The van der Waals surface area contributed by atoms with Crippen LogP contribution in [0.25, 0.3) is 0 Å². The molecule has 0 aromatic heterocycles. The van der Waals surface area contributed by atoms with Gasteiger partial charge in [-0.15, -0.1) is 0 Å². The SMILES string of the molecule is C=CS(=O)(=O)N1CCC(CC)CC1. The molecule has 1 aliphatic heterocycles. The van der Waals surface area contributed by atoms with Crippen LogP contribution in [0.1, 0.15) is 26.2 Å². The molecule has 0 amide bonds. The zero-order valence-electron chi connectivity index (χ0n) is 8.07. The van der Waals surface area contributed by atoms with Gasteiger partial charge in [-0.2, -0.15) is 4.31 Å². The summed E-state index contributed by atoms with van der Waals surface area (Å²) in [6.45, 7) is 6.79. The van der Waals surface area contributed by atoms with Gasteiger partial charge < -0.3 is 0 Å². The monoisotopic (exact) mass is 203 g/mol. The van der Waals surface area contributed by atoms with Gasteiger partial charge in [0.25, 0.3) is 0 Å². The summed E-state index contributed by atoms with van der Waals surface area (Å²) < 4.78 is 24.2. The van der Waals surface area contributed by atoms with Gasteiger partial charge in [0.15, 0.2) is 0 Å². The molecule has 0 aromatic carbocycles. The molecule has 1 heterocycles. The predicted octanol–water partition coefficient (Wildman–Crippen LogP) is 1.58. The van der Waals surface area contributed by atoms with Crippen LogP contribution >= 0.6 is 0 Å². The van der Waals surface area contributed by atoms with Gasteiger partial charge >= 0.3 is 0 Å². The van der Waals surface area contributed by atoms with E-state index in [4.69, 9.17) is 0 Å².